The van der Waals surface area contributed by atoms with E-state index in [1.165, 1.54) is 4.88 Å². The van der Waals surface area contributed by atoms with Gasteiger partial charge in [-0.3, -0.25) is 4.79 Å². The number of aryl methyl sites for hydroxylation is 1. The van der Waals surface area contributed by atoms with Gasteiger partial charge in [0.15, 0.2) is 5.78 Å². The molecule has 2 heteroatoms. The van der Waals surface area contributed by atoms with E-state index in [-0.39, 0.29) is 0 Å². The molecule has 1 heterocycles. The molecule has 0 aliphatic carbocycles. The Balaban J connectivity index is 2.36. The van der Waals surface area contributed by atoms with Gasteiger partial charge in [-0.05, 0) is 31.4 Å². The Labute approximate surface area is 90.2 Å². The van der Waals surface area contributed by atoms with Gasteiger partial charge in [-0.1, -0.05) is 20.3 Å². The second-order valence-corrected chi connectivity index (χ2v) is 5.41. The quantitative estimate of drug-likeness (QED) is 0.670. The molecule has 0 N–H and O–H groups in total. The molecule has 1 aromatic heterocycles. The van der Waals surface area contributed by atoms with Crippen molar-refractivity contribution in [3.05, 3.63) is 21.9 Å². The van der Waals surface area contributed by atoms with Crippen LogP contribution in [0.25, 0.3) is 0 Å². The average Bonchev–Trinajstić information content (AvgIpc) is 2.51. The van der Waals surface area contributed by atoms with Gasteiger partial charge in [0.2, 0.25) is 0 Å². The molecule has 1 rings (SSSR count). The summed E-state index contributed by atoms with van der Waals surface area (Å²) in [4.78, 5) is 13.8. The summed E-state index contributed by atoms with van der Waals surface area (Å²) < 4.78 is 0. The standard InChI is InChI=1S/C12H18OS/c1-9(2)5-4-6-11(13)12-8-7-10(3)14-12/h7-9H,4-6H2,1-3H3. The van der Waals surface area contributed by atoms with E-state index in [9.17, 15) is 4.79 Å². The van der Waals surface area contributed by atoms with Gasteiger partial charge in [-0.25, -0.2) is 0 Å². The SMILES string of the molecule is Cc1ccc(C(=O)CCCC(C)C)s1. The van der Waals surface area contributed by atoms with Crippen LogP contribution in [0.15, 0.2) is 12.1 Å². The third kappa shape index (κ3) is 3.62. The van der Waals surface area contributed by atoms with Crippen molar-refractivity contribution in [1.82, 2.24) is 0 Å². The molecule has 14 heavy (non-hydrogen) atoms. The van der Waals surface area contributed by atoms with Crippen LogP contribution in [-0.2, 0) is 0 Å². The number of rotatable bonds is 5. The maximum absolute atomic E-state index is 11.6. The molecule has 0 saturated carbocycles. The monoisotopic (exact) mass is 210 g/mol. The number of carbonyl (C=O) groups excluding carboxylic acids is 1. The van der Waals surface area contributed by atoms with Crippen molar-refractivity contribution in [2.45, 2.75) is 40.0 Å². The van der Waals surface area contributed by atoms with E-state index < -0.39 is 0 Å². The molecule has 1 aromatic rings. The molecule has 0 radical (unpaired) electrons. The van der Waals surface area contributed by atoms with E-state index in [1.54, 1.807) is 11.3 Å². The van der Waals surface area contributed by atoms with Crippen LogP contribution in [0.1, 0.15) is 47.7 Å². The highest BCUT2D eigenvalue weighted by Gasteiger charge is 2.07. The Morgan fingerprint density at radius 3 is 2.64 bits per heavy atom. The van der Waals surface area contributed by atoms with Crippen LogP contribution in [-0.4, -0.2) is 5.78 Å². The summed E-state index contributed by atoms with van der Waals surface area (Å²) in [7, 11) is 0. The molecule has 0 aromatic carbocycles. The second-order valence-electron chi connectivity index (χ2n) is 4.12. The fraction of sp³-hybridized carbons (Fsp3) is 0.583. The Bertz CT molecular complexity index is 299. The van der Waals surface area contributed by atoms with Crippen LogP contribution in [0, 0.1) is 12.8 Å². The van der Waals surface area contributed by atoms with Gasteiger partial charge in [0, 0.05) is 11.3 Å². The molecular formula is C12H18OS. The first kappa shape index (κ1) is 11.4. The maximum Gasteiger partial charge on any atom is 0.172 e. The normalized spacial score (nSPS) is 10.9. The summed E-state index contributed by atoms with van der Waals surface area (Å²) in [5, 5.41) is 0. The van der Waals surface area contributed by atoms with Crippen LogP contribution in [0.5, 0.6) is 0 Å². The van der Waals surface area contributed by atoms with Gasteiger partial charge in [-0.2, -0.15) is 0 Å². The lowest BCUT2D eigenvalue weighted by Gasteiger charge is -2.02. The molecule has 0 unspecified atom stereocenters. The number of thiophene rings is 1. The highest BCUT2D eigenvalue weighted by molar-refractivity contribution is 7.14. The average molecular weight is 210 g/mol. The van der Waals surface area contributed by atoms with Gasteiger partial charge in [0.1, 0.15) is 0 Å². The van der Waals surface area contributed by atoms with Crippen molar-refractivity contribution in [2.24, 2.45) is 5.92 Å². The zero-order valence-corrected chi connectivity index (χ0v) is 9.99. The maximum atomic E-state index is 11.6. The second kappa shape index (κ2) is 5.30. The minimum atomic E-state index is 0.309. The smallest absolute Gasteiger partial charge is 0.172 e. The first-order chi connectivity index (χ1) is 6.59. The summed E-state index contributed by atoms with van der Waals surface area (Å²) in [6.07, 6.45) is 2.88. The lowest BCUT2D eigenvalue weighted by Crippen LogP contribution is -1.97. The topological polar surface area (TPSA) is 17.1 Å². The van der Waals surface area contributed by atoms with Gasteiger partial charge < -0.3 is 0 Å². The molecule has 0 fully saturated rings. The Morgan fingerprint density at radius 2 is 2.14 bits per heavy atom. The molecular weight excluding hydrogens is 192 g/mol. The van der Waals surface area contributed by atoms with Crippen LogP contribution in [0.3, 0.4) is 0 Å². The highest BCUT2D eigenvalue weighted by atomic mass is 32.1. The predicted octanol–water partition coefficient (Wildman–Crippen LogP) is 4.07. The summed E-state index contributed by atoms with van der Waals surface area (Å²) >= 11 is 1.61. The zero-order valence-electron chi connectivity index (χ0n) is 9.17. The Hall–Kier alpha value is -0.630. The number of hydrogen-bond donors (Lipinski definition) is 0. The van der Waals surface area contributed by atoms with Crippen molar-refractivity contribution in [1.29, 1.82) is 0 Å². The highest BCUT2D eigenvalue weighted by Crippen LogP contribution is 2.18. The summed E-state index contributed by atoms with van der Waals surface area (Å²) in [5.41, 5.74) is 0. The van der Waals surface area contributed by atoms with Crippen molar-refractivity contribution in [3.8, 4) is 0 Å². The van der Waals surface area contributed by atoms with E-state index in [2.05, 4.69) is 13.8 Å². The van der Waals surface area contributed by atoms with Crippen LogP contribution >= 0.6 is 11.3 Å². The molecule has 1 nitrogen and oxygen atoms in total. The fourth-order valence-corrected chi connectivity index (χ4v) is 2.21. The first-order valence-corrected chi connectivity index (χ1v) is 6.01. The van der Waals surface area contributed by atoms with Crippen molar-refractivity contribution in [2.75, 3.05) is 0 Å². The lowest BCUT2D eigenvalue weighted by atomic mass is 10.0. The van der Waals surface area contributed by atoms with Crippen molar-refractivity contribution < 1.29 is 4.79 Å². The number of Topliss-reactive ketones (excluding diaryl/α,β-unsaturated/α-hetero) is 1. The van der Waals surface area contributed by atoms with Crippen molar-refractivity contribution >= 4 is 17.1 Å². The first-order valence-electron chi connectivity index (χ1n) is 5.19. The van der Waals surface area contributed by atoms with E-state index in [1.807, 2.05) is 19.1 Å². The Kier molecular flexibility index (Phi) is 4.33. The third-order valence-electron chi connectivity index (χ3n) is 2.20. The van der Waals surface area contributed by atoms with Gasteiger partial charge in [0.05, 0.1) is 4.88 Å². The van der Waals surface area contributed by atoms with E-state index in [0.717, 1.165) is 17.7 Å². The van der Waals surface area contributed by atoms with Crippen molar-refractivity contribution in [3.63, 3.8) is 0 Å². The van der Waals surface area contributed by atoms with Crippen LogP contribution < -0.4 is 0 Å². The number of carbonyl (C=O) groups is 1. The molecule has 0 bridgehead atoms. The van der Waals surface area contributed by atoms with E-state index >= 15 is 0 Å². The zero-order chi connectivity index (χ0) is 10.6. The van der Waals surface area contributed by atoms with Crippen LogP contribution in [0.4, 0.5) is 0 Å². The molecule has 78 valence electrons. The van der Waals surface area contributed by atoms with Gasteiger partial charge >= 0.3 is 0 Å². The fourth-order valence-electron chi connectivity index (χ4n) is 1.38. The van der Waals surface area contributed by atoms with E-state index in [4.69, 9.17) is 0 Å². The molecule has 0 aliphatic heterocycles. The number of hydrogen-bond acceptors (Lipinski definition) is 2. The molecule has 0 amide bonds. The minimum Gasteiger partial charge on any atom is -0.293 e. The molecule has 0 atom stereocenters. The third-order valence-corrected chi connectivity index (χ3v) is 3.24. The van der Waals surface area contributed by atoms with Crippen LogP contribution in [0.2, 0.25) is 0 Å². The largest absolute Gasteiger partial charge is 0.293 e. The molecule has 0 saturated heterocycles. The summed E-state index contributed by atoms with van der Waals surface area (Å²) in [6, 6.07) is 3.96. The predicted molar refractivity (Wildman–Crippen MR) is 62.1 cm³/mol. The minimum absolute atomic E-state index is 0.309. The summed E-state index contributed by atoms with van der Waals surface area (Å²) in [6.45, 7) is 6.43. The summed E-state index contributed by atoms with van der Waals surface area (Å²) in [5.74, 6) is 1.01. The molecule has 0 spiro atoms. The Morgan fingerprint density at radius 1 is 1.43 bits per heavy atom. The van der Waals surface area contributed by atoms with Gasteiger partial charge in [0.25, 0.3) is 0 Å². The van der Waals surface area contributed by atoms with Gasteiger partial charge in [-0.15, -0.1) is 11.3 Å². The lowest BCUT2D eigenvalue weighted by molar-refractivity contribution is 0.0982. The molecule has 0 aliphatic rings. The number of ketones is 1. The van der Waals surface area contributed by atoms with E-state index in [0.29, 0.717) is 18.1 Å².